The first-order valence-electron chi connectivity index (χ1n) is 5.87. The molecule has 0 radical (unpaired) electrons. The Bertz CT molecular complexity index is 161. The number of nitrogens with one attached hydrogen (secondary N) is 1. The third-order valence-electron chi connectivity index (χ3n) is 3.60. The highest BCUT2D eigenvalue weighted by atomic mass is 16.5. The Hall–Kier alpha value is -0.120. The van der Waals surface area contributed by atoms with Crippen molar-refractivity contribution in [2.24, 2.45) is 0 Å². The van der Waals surface area contributed by atoms with E-state index in [-0.39, 0.29) is 0 Å². The highest BCUT2D eigenvalue weighted by Crippen LogP contribution is 2.18. The number of likely N-dealkylation sites (tertiary alicyclic amines) is 1. The monoisotopic (exact) mass is 198 g/mol. The molecule has 14 heavy (non-hydrogen) atoms. The molecule has 0 bridgehead atoms. The molecule has 0 unspecified atom stereocenters. The summed E-state index contributed by atoms with van der Waals surface area (Å²) < 4.78 is 5.38. The van der Waals surface area contributed by atoms with Crippen LogP contribution >= 0.6 is 0 Å². The van der Waals surface area contributed by atoms with Gasteiger partial charge in [-0.25, -0.2) is 0 Å². The van der Waals surface area contributed by atoms with Crippen LogP contribution in [0.25, 0.3) is 0 Å². The molecule has 0 spiro atoms. The van der Waals surface area contributed by atoms with E-state index in [1.54, 1.807) is 0 Å². The zero-order valence-electron chi connectivity index (χ0n) is 9.17. The summed E-state index contributed by atoms with van der Waals surface area (Å²) in [5.41, 5.74) is 0. The fourth-order valence-corrected chi connectivity index (χ4v) is 2.62. The minimum Gasteiger partial charge on any atom is -0.381 e. The third kappa shape index (κ3) is 2.47. The van der Waals surface area contributed by atoms with Gasteiger partial charge in [-0.2, -0.15) is 0 Å². The fraction of sp³-hybridized carbons (Fsp3) is 1.00. The van der Waals surface area contributed by atoms with E-state index in [9.17, 15) is 0 Å². The summed E-state index contributed by atoms with van der Waals surface area (Å²) in [5, 5.41) is 3.48. The van der Waals surface area contributed by atoms with Gasteiger partial charge in [-0.3, -0.25) is 4.90 Å². The van der Waals surface area contributed by atoms with Gasteiger partial charge in [0.25, 0.3) is 0 Å². The molecule has 0 aromatic carbocycles. The molecule has 82 valence electrons. The zero-order chi connectivity index (χ0) is 9.80. The van der Waals surface area contributed by atoms with Crippen LogP contribution in [0.2, 0.25) is 0 Å². The van der Waals surface area contributed by atoms with Crippen molar-refractivity contribution in [3.05, 3.63) is 0 Å². The molecule has 0 aromatic heterocycles. The second kappa shape index (κ2) is 5.10. The van der Waals surface area contributed by atoms with E-state index in [0.29, 0.717) is 6.10 Å². The van der Waals surface area contributed by atoms with Gasteiger partial charge >= 0.3 is 0 Å². The summed E-state index contributed by atoms with van der Waals surface area (Å²) in [7, 11) is 1.84. The van der Waals surface area contributed by atoms with E-state index >= 15 is 0 Å². The molecule has 1 atom stereocenters. The van der Waals surface area contributed by atoms with Crippen LogP contribution < -0.4 is 5.32 Å². The molecular weight excluding hydrogens is 176 g/mol. The number of rotatable bonds is 2. The fourth-order valence-electron chi connectivity index (χ4n) is 2.62. The largest absolute Gasteiger partial charge is 0.381 e. The maximum absolute atomic E-state index is 5.38. The third-order valence-corrected chi connectivity index (χ3v) is 3.60. The van der Waals surface area contributed by atoms with Crippen molar-refractivity contribution in [2.75, 3.05) is 33.3 Å². The first kappa shape index (κ1) is 10.4. The molecule has 0 aliphatic carbocycles. The molecule has 2 fully saturated rings. The van der Waals surface area contributed by atoms with E-state index in [0.717, 1.165) is 6.04 Å². The van der Waals surface area contributed by atoms with E-state index < -0.39 is 0 Å². The highest BCUT2D eigenvalue weighted by Gasteiger charge is 2.25. The second-order valence-corrected chi connectivity index (χ2v) is 4.47. The summed E-state index contributed by atoms with van der Waals surface area (Å²) in [5.74, 6) is 0. The second-order valence-electron chi connectivity index (χ2n) is 4.47. The van der Waals surface area contributed by atoms with Gasteiger partial charge in [0.15, 0.2) is 0 Å². The Balaban J connectivity index is 1.76. The van der Waals surface area contributed by atoms with Crippen LogP contribution in [0.3, 0.4) is 0 Å². The SMILES string of the molecule is COC1CCN([C@@H]2CCCNC2)CC1. The maximum atomic E-state index is 5.38. The van der Waals surface area contributed by atoms with Gasteiger partial charge in [0, 0.05) is 32.8 Å². The number of piperidine rings is 2. The Labute approximate surface area is 86.8 Å². The molecule has 2 aliphatic heterocycles. The molecule has 3 heteroatoms. The maximum Gasteiger partial charge on any atom is 0.0595 e. The number of hydrogen-bond donors (Lipinski definition) is 1. The van der Waals surface area contributed by atoms with Crippen LogP contribution in [0.5, 0.6) is 0 Å². The number of ether oxygens (including phenoxy) is 1. The lowest BCUT2D eigenvalue weighted by Crippen LogP contribution is -2.49. The van der Waals surface area contributed by atoms with Crippen molar-refractivity contribution in [3.8, 4) is 0 Å². The summed E-state index contributed by atoms with van der Waals surface area (Å²) in [6.07, 6.45) is 5.67. The smallest absolute Gasteiger partial charge is 0.0595 e. The van der Waals surface area contributed by atoms with Gasteiger partial charge in [0.1, 0.15) is 0 Å². The van der Waals surface area contributed by atoms with Crippen molar-refractivity contribution >= 4 is 0 Å². The highest BCUT2D eigenvalue weighted by molar-refractivity contribution is 4.82. The standard InChI is InChI=1S/C11H22N2O/c1-14-11-4-7-13(8-5-11)10-3-2-6-12-9-10/h10-12H,2-9H2,1H3/t10-/m1/s1. The summed E-state index contributed by atoms with van der Waals surface area (Å²) >= 11 is 0. The van der Waals surface area contributed by atoms with Crippen LogP contribution in [0.15, 0.2) is 0 Å². The quantitative estimate of drug-likeness (QED) is 0.712. The van der Waals surface area contributed by atoms with E-state index in [2.05, 4.69) is 10.2 Å². The average Bonchev–Trinajstić information content (AvgIpc) is 2.30. The Morgan fingerprint density at radius 2 is 2.00 bits per heavy atom. The van der Waals surface area contributed by atoms with Gasteiger partial charge in [0.05, 0.1) is 6.10 Å². The molecular formula is C11H22N2O. The number of hydrogen-bond acceptors (Lipinski definition) is 3. The molecule has 2 heterocycles. The minimum atomic E-state index is 0.516. The first-order chi connectivity index (χ1) is 6.90. The zero-order valence-corrected chi connectivity index (χ0v) is 9.17. The normalized spacial score (nSPS) is 31.9. The van der Waals surface area contributed by atoms with Crippen molar-refractivity contribution in [3.63, 3.8) is 0 Å². The van der Waals surface area contributed by atoms with Crippen molar-refractivity contribution in [1.29, 1.82) is 0 Å². The summed E-state index contributed by atoms with van der Waals surface area (Å²) in [6, 6.07) is 0.793. The van der Waals surface area contributed by atoms with Gasteiger partial charge in [-0.1, -0.05) is 0 Å². The minimum absolute atomic E-state index is 0.516. The molecule has 0 amide bonds. The van der Waals surface area contributed by atoms with Crippen LogP contribution in [-0.2, 0) is 4.74 Å². The van der Waals surface area contributed by atoms with E-state index in [4.69, 9.17) is 4.74 Å². The average molecular weight is 198 g/mol. The van der Waals surface area contributed by atoms with Gasteiger partial charge in [-0.15, -0.1) is 0 Å². The first-order valence-corrected chi connectivity index (χ1v) is 5.87. The lowest BCUT2D eigenvalue weighted by atomic mass is 10.0. The van der Waals surface area contributed by atoms with Crippen LogP contribution in [0, 0.1) is 0 Å². The number of nitrogens with zero attached hydrogens (tertiary/aromatic N) is 1. The summed E-state index contributed by atoms with van der Waals surface area (Å²) in [4.78, 5) is 2.64. The van der Waals surface area contributed by atoms with E-state index in [1.165, 1.54) is 51.9 Å². The van der Waals surface area contributed by atoms with Crippen LogP contribution in [0.4, 0.5) is 0 Å². The molecule has 1 N–H and O–H groups in total. The Morgan fingerprint density at radius 1 is 1.21 bits per heavy atom. The Kier molecular flexibility index (Phi) is 3.79. The molecule has 3 nitrogen and oxygen atoms in total. The molecule has 0 aromatic rings. The van der Waals surface area contributed by atoms with E-state index in [1.807, 2.05) is 7.11 Å². The van der Waals surface area contributed by atoms with Crippen molar-refractivity contribution < 1.29 is 4.74 Å². The lowest BCUT2D eigenvalue weighted by Gasteiger charge is -2.39. The van der Waals surface area contributed by atoms with Crippen molar-refractivity contribution in [1.82, 2.24) is 10.2 Å². The predicted octanol–water partition coefficient (Wildman–Crippen LogP) is 0.849. The predicted molar refractivity (Wildman–Crippen MR) is 57.5 cm³/mol. The lowest BCUT2D eigenvalue weighted by molar-refractivity contribution is 0.0233. The van der Waals surface area contributed by atoms with Gasteiger partial charge < -0.3 is 10.1 Å². The molecule has 0 saturated carbocycles. The van der Waals surface area contributed by atoms with Crippen LogP contribution in [-0.4, -0.2) is 50.3 Å². The summed E-state index contributed by atoms with van der Waals surface area (Å²) in [6.45, 7) is 4.86. The van der Waals surface area contributed by atoms with Gasteiger partial charge in [0.2, 0.25) is 0 Å². The molecule has 2 aliphatic rings. The molecule has 2 rings (SSSR count). The van der Waals surface area contributed by atoms with Crippen molar-refractivity contribution in [2.45, 2.75) is 37.8 Å². The number of methoxy groups -OCH3 is 1. The molecule has 2 saturated heterocycles. The topological polar surface area (TPSA) is 24.5 Å². The van der Waals surface area contributed by atoms with Gasteiger partial charge in [-0.05, 0) is 32.2 Å². The Morgan fingerprint density at radius 3 is 2.57 bits per heavy atom. The van der Waals surface area contributed by atoms with Crippen LogP contribution in [0.1, 0.15) is 25.7 Å².